The number of rotatable bonds is 6. The summed E-state index contributed by atoms with van der Waals surface area (Å²) >= 11 is 0. The van der Waals surface area contributed by atoms with Crippen molar-refractivity contribution < 1.29 is 14.2 Å². The van der Waals surface area contributed by atoms with Crippen LogP contribution in [0.5, 0.6) is 0 Å². The topological polar surface area (TPSA) is 27.7 Å². The molecule has 0 unspecified atom stereocenters. The van der Waals surface area contributed by atoms with E-state index in [0.29, 0.717) is 11.9 Å². The van der Waals surface area contributed by atoms with E-state index in [4.69, 9.17) is 14.2 Å². The largest absolute Gasteiger partial charge is 0.497 e. The van der Waals surface area contributed by atoms with Gasteiger partial charge in [0, 0.05) is 0 Å². The van der Waals surface area contributed by atoms with Crippen LogP contribution in [0.3, 0.4) is 0 Å². The molecule has 0 aromatic rings. The first-order chi connectivity index (χ1) is 6.11. The summed E-state index contributed by atoms with van der Waals surface area (Å²) < 4.78 is 15.5. The Morgan fingerprint density at radius 3 is 2.15 bits per heavy atom. The molecule has 0 aliphatic heterocycles. The van der Waals surface area contributed by atoms with E-state index >= 15 is 0 Å². The Hall–Kier alpha value is -0.643. The fourth-order valence-electron chi connectivity index (χ4n) is 0.877. The molecule has 0 N–H and O–H groups in total. The second-order valence-corrected chi connectivity index (χ2v) is 4.19. The molecule has 0 aromatic carbocycles. The predicted molar refractivity (Wildman–Crippen MR) is 56.4 cm³/mol. The maximum absolute atomic E-state index is 5.49. The Kier molecular flexibility index (Phi) is 6.49. The summed E-state index contributed by atoms with van der Waals surface area (Å²) in [5, 5.41) is 0.839. The molecule has 0 aliphatic rings. The van der Waals surface area contributed by atoms with Gasteiger partial charge in [0.2, 0.25) is 0 Å². The van der Waals surface area contributed by atoms with Crippen molar-refractivity contribution in [3.63, 3.8) is 0 Å². The predicted octanol–water partition coefficient (Wildman–Crippen LogP) is 0.834. The molecule has 13 heavy (non-hydrogen) atoms. The van der Waals surface area contributed by atoms with Gasteiger partial charge in [-0.1, -0.05) is 13.8 Å². The molecule has 0 radical (unpaired) electrons. The number of ether oxygens (including phenoxy) is 3. The Labute approximate surface area is 83.5 Å². The molecule has 0 bridgehead atoms. The number of hydrogen-bond acceptors (Lipinski definition) is 3. The summed E-state index contributed by atoms with van der Waals surface area (Å²) in [6.45, 7) is 5.09. The maximum atomic E-state index is 5.49. The zero-order valence-corrected chi connectivity index (χ0v) is 11.2. The van der Waals surface area contributed by atoms with E-state index in [-0.39, 0.29) is 0 Å². The third-order valence-electron chi connectivity index (χ3n) is 1.67. The highest BCUT2D eigenvalue weighted by Gasteiger charge is 2.03. The SMILES string of the molecule is COC(OC)=C([SiH3])OCCC(C)C. The first kappa shape index (κ1) is 12.4. The van der Waals surface area contributed by atoms with Gasteiger partial charge in [-0.05, 0) is 12.3 Å². The quantitative estimate of drug-likeness (QED) is 0.474. The van der Waals surface area contributed by atoms with Crippen molar-refractivity contribution in [2.75, 3.05) is 20.8 Å². The molecule has 0 amide bonds. The normalized spacial score (nSPS) is 9.92. The van der Waals surface area contributed by atoms with E-state index in [1.54, 1.807) is 14.2 Å². The highest BCUT2D eigenvalue weighted by Crippen LogP contribution is 2.06. The maximum Gasteiger partial charge on any atom is 0.311 e. The molecule has 0 spiro atoms. The highest BCUT2D eigenvalue weighted by atomic mass is 28.1. The minimum atomic E-state index is 0.510. The van der Waals surface area contributed by atoms with Gasteiger partial charge in [-0.2, -0.15) is 0 Å². The monoisotopic (exact) mass is 204 g/mol. The van der Waals surface area contributed by atoms with E-state index in [9.17, 15) is 0 Å². The highest BCUT2D eigenvalue weighted by molar-refractivity contribution is 6.20. The van der Waals surface area contributed by atoms with Gasteiger partial charge in [0.25, 0.3) is 0 Å². The first-order valence-corrected chi connectivity index (χ1v) is 5.53. The Bertz CT molecular complexity index is 160. The van der Waals surface area contributed by atoms with E-state index in [1.165, 1.54) is 0 Å². The van der Waals surface area contributed by atoms with Crippen LogP contribution >= 0.6 is 0 Å². The van der Waals surface area contributed by atoms with E-state index < -0.39 is 0 Å². The molecule has 0 heterocycles. The van der Waals surface area contributed by atoms with E-state index in [1.807, 2.05) is 0 Å². The number of hydrogen-bond donors (Lipinski definition) is 0. The summed E-state index contributed by atoms with van der Waals surface area (Å²) in [6, 6.07) is 0. The Balaban J connectivity index is 3.83. The lowest BCUT2D eigenvalue weighted by molar-refractivity contribution is 0.0680. The van der Waals surface area contributed by atoms with Gasteiger partial charge in [-0.15, -0.1) is 0 Å². The van der Waals surface area contributed by atoms with Crippen LogP contribution in [-0.2, 0) is 14.2 Å². The molecule has 0 fully saturated rings. The Morgan fingerprint density at radius 1 is 1.23 bits per heavy atom. The summed E-state index contributed by atoms with van der Waals surface area (Å²) in [7, 11) is 3.98. The van der Waals surface area contributed by atoms with Crippen molar-refractivity contribution in [3.8, 4) is 0 Å². The van der Waals surface area contributed by atoms with Crippen LogP contribution < -0.4 is 0 Å². The molecule has 0 rings (SSSR count). The van der Waals surface area contributed by atoms with E-state index in [0.717, 1.165) is 28.7 Å². The van der Waals surface area contributed by atoms with Crippen LogP contribution in [0.1, 0.15) is 20.3 Å². The van der Waals surface area contributed by atoms with Gasteiger partial charge in [0.05, 0.1) is 31.1 Å². The minimum absolute atomic E-state index is 0.510. The summed E-state index contributed by atoms with van der Waals surface area (Å²) in [5.41, 5.74) is 0. The van der Waals surface area contributed by atoms with Crippen LogP contribution in [0.4, 0.5) is 0 Å². The smallest absolute Gasteiger partial charge is 0.311 e. The average Bonchev–Trinajstić information content (AvgIpc) is 2.05. The molecule has 0 atom stereocenters. The zero-order chi connectivity index (χ0) is 10.3. The van der Waals surface area contributed by atoms with Crippen molar-refractivity contribution in [2.45, 2.75) is 20.3 Å². The van der Waals surface area contributed by atoms with Crippen LogP contribution in [0.25, 0.3) is 0 Å². The van der Waals surface area contributed by atoms with Crippen LogP contribution in [0.15, 0.2) is 11.3 Å². The molecule has 0 saturated heterocycles. The summed E-state index contributed by atoms with van der Waals surface area (Å²) in [6.07, 6.45) is 1.06. The molecule has 4 heteroatoms. The van der Waals surface area contributed by atoms with Gasteiger partial charge >= 0.3 is 5.95 Å². The van der Waals surface area contributed by atoms with Crippen molar-refractivity contribution in [1.29, 1.82) is 0 Å². The van der Waals surface area contributed by atoms with Crippen molar-refractivity contribution >= 4 is 10.2 Å². The Morgan fingerprint density at radius 2 is 1.77 bits per heavy atom. The third kappa shape index (κ3) is 5.57. The minimum Gasteiger partial charge on any atom is -0.497 e. The lowest BCUT2D eigenvalue weighted by Gasteiger charge is -2.11. The standard InChI is InChI=1S/C9H20O3Si/c1-7(2)5-6-12-9(13)8(10-3)11-4/h7H,5-6H2,1-4,13H3. The molecule has 78 valence electrons. The van der Waals surface area contributed by atoms with Crippen LogP contribution in [0, 0.1) is 5.92 Å². The molecule has 0 aromatic heterocycles. The second kappa shape index (κ2) is 6.83. The van der Waals surface area contributed by atoms with Gasteiger partial charge < -0.3 is 14.2 Å². The zero-order valence-electron chi connectivity index (χ0n) is 9.22. The molecule has 3 nitrogen and oxygen atoms in total. The lowest BCUT2D eigenvalue weighted by atomic mass is 10.1. The van der Waals surface area contributed by atoms with Gasteiger partial charge in [0.1, 0.15) is 5.38 Å². The first-order valence-electron chi connectivity index (χ1n) is 4.53. The van der Waals surface area contributed by atoms with Gasteiger partial charge in [-0.25, -0.2) is 0 Å². The van der Waals surface area contributed by atoms with Crippen LogP contribution in [0.2, 0.25) is 0 Å². The third-order valence-corrected chi connectivity index (χ3v) is 2.37. The summed E-state index contributed by atoms with van der Waals surface area (Å²) in [5.74, 6) is 1.18. The fraction of sp³-hybridized carbons (Fsp3) is 0.778. The number of methoxy groups -OCH3 is 2. The molecular formula is C9H20O3Si. The molecular weight excluding hydrogens is 184 g/mol. The molecule has 0 aliphatic carbocycles. The van der Waals surface area contributed by atoms with E-state index in [2.05, 4.69) is 13.8 Å². The van der Waals surface area contributed by atoms with Crippen molar-refractivity contribution in [2.24, 2.45) is 5.92 Å². The van der Waals surface area contributed by atoms with Gasteiger partial charge in [-0.3, -0.25) is 0 Å². The second-order valence-electron chi connectivity index (χ2n) is 3.28. The van der Waals surface area contributed by atoms with Crippen molar-refractivity contribution in [1.82, 2.24) is 0 Å². The fourth-order valence-corrected chi connectivity index (χ4v) is 1.49. The lowest BCUT2D eigenvalue weighted by Crippen LogP contribution is -2.04. The summed E-state index contributed by atoms with van der Waals surface area (Å²) in [4.78, 5) is 0. The van der Waals surface area contributed by atoms with Crippen LogP contribution in [-0.4, -0.2) is 31.1 Å². The van der Waals surface area contributed by atoms with Crippen molar-refractivity contribution in [3.05, 3.63) is 11.3 Å². The molecule has 0 saturated carbocycles. The average molecular weight is 204 g/mol. The van der Waals surface area contributed by atoms with Gasteiger partial charge in [0.15, 0.2) is 0 Å².